The van der Waals surface area contributed by atoms with E-state index in [0.29, 0.717) is 17.0 Å². The number of aliphatic hydroxyl groups is 1. The molecular formula is C16H16Cl2O3. The Labute approximate surface area is 133 Å². The van der Waals surface area contributed by atoms with E-state index in [2.05, 4.69) is 0 Å². The summed E-state index contributed by atoms with van der Waals surface area (Å²) in [5, 5.41) is 11.2. The zero-order valence-corrected chi connectivity index (χ0v) is 13.4. The second-order valence-electron chi connectivity index (χ2n) is 5.32. The van der Waals surface area contributed by atoms with Crippen LogP contribution in [0.3, 0.4) is 0 Å². The fraction of sp³-hybridized carbons (Fsp3) is 0.375. The Balaban J connectivity index is 2.58. The highest BCUT2D eigenvalue weighted by atomic mass is 35.5. The third-order valence-electron chi connectivity index (χ3n) is 3.66. The normalized spacial score (nSPS) is 19.0. The molecule has 5 heteroatoms. The van der Waals surface area contributed by atoms with Gasteiger partial charge in [-0.3, -0.25) is 9.59 Å². The fourth-order valence-corrected chi connectivity index (χ4v) is 3.30. The molecule has 1 saturated carbocycles. The zero-order chi connectivity index (χ0) is 15.7. The van der Waals surface area contributed by atoms with E-state index < -0.39 is 0 Å². The van der Waals surface area contributed by atoms with Crippen LogP contribution in [0, 0.1) is 5.92 Å². The smallest absolute Gasteiger partial charge is 0.170 e. The molecule has 112 valence electrons. The van der Waals surface area contributed by atoms with Crippen molar-refractivity contribution < 1.29 is 14.7 Å². The number of ketones is 2. The minimum absolute atomic E-state index is 0.00782. The Morgan fingerprint density at radius 3 is 2.33 bits per heavy atom. The van der Waals surface area contributed by atoms with Gasteiger partial charge in [-0.2, -0.15) is 0 Å². The maximum absolute atomic E-state index is 12.1. The van der Waals surface area contributed by atoms with Crippen molar-refractivity contribution in [1.29, 1.82) is 0 Å². The van der Waals surface area contributed by atoms with Crippen LogP contribution in [0.5, 0.6) is 0 Å². The van der Waals surface area contributed by atoms with Gasteiger partial charge in [0, 0.05) is 23.4 Å². The van der Waals surface area contributed by atoms with E-state index >= 15 is 0 Å². The quantitative estimate of drug-likeness (QED) is 0.498. The van der Waals surface area contributed by atoms with Crippen molar-refractivity contribution in [2.24, 2.45) is 5.92 Å². The summed E-state index contributed by atoms with van der Waals surface area (Å²) in [6.07, 6.45) is 1.11. The van der Waals surface area contributed by atoms with Crippen molar-refractivity contribution >= 4 is 40.5 Å². The molecule has 1 aliphatic rings. The summed E-state index contributed by atoms with van der Waals surface area (Å²) < 4.78 is 0. The Bertz CT molecular complexity index is 627. The molecule has 3 nitrogen and oxygen atoms in total. The topological polar surface area (TPSA) is 54.4 Å². The van der Waals surface area contributed by atoms with Gasteiger partial charge in [0.2, 0.25) is 0 Å². The molecule has 0 aliphatic heterocycles. The highest BCUT2D eigenvalue weighted by molar-refractivity contribution is 6.37. The molecule has 0 unspecified atom stereocenters. The number of hydrogen-bond donors (Lipinski definition) is 1. The first kappa shape index (κ1) is 16.1. The lowest BCUT2D eigenvalue weighted by Crippen LogP contribution is -2.25. The molecule has 0 spiro atoms. The molecular weight excluding hydrogens is 311 g/mol. The maximum Gasteiger partial charge on any atom is 0.170 e. The van der Waals surface area contributed by atoms with Crippen LogP contribution in [0.4, 0.5) is 0 Å². The van der Waals surface area contributed by atoms with Gasteiger partial charge in [0.25, 0.3) is 0 Å². The van der Waals surface area contributed by atoms with Crippen molar-refractivity contribution in [3.8, 4) is 0 Å². The monoisotopic (exact) mass is 326 g/mol. The summed E-state index contributed by atoms with van der Waals surface area (Å²) >= 11 is 12.3. The highest BCUT2D eigenvalue weighted by Crippen LogP contribution is 2.35. The van der Waals surface area contributed by atoms with E-state index in [1.54, 1.807) is 6.07 Å². The largest absolute Gasteiger partial charge is 0.506 e. The van der Waals surface area contributed by atoms with Crippen LogP contribution in [-0.4, -0.2) is 16.7 Å². The SMILES string of the molecule is CCc1c(Cl)ccc(C(O)=C2C(=O)CC(C)CC2=O)c1Cl. The molecule has 1 fully saturated rings. The third-order valence-corrected chi connectivity index (χ3v) is 4.44. The Morgan fingerprint density at radius 1 is 1.24 bits per heavy atom. The first-order valence-corrected chi connectivity index (χ1v) is 7.59. The van der Waals surface area contributed by atoms with Crippen LogP contribution >= 0.6 is 23.2 Å². The van der Waals surface area contributed by atoms with Crippen LogP contribution in [0.1, 0.15) is 37.8 Å². The Morgan fingerprint density at radius 2 is 1.81 bits per heavy atom. The standard InChI is InChI=1S/C16H16Cl2O3/c1-3-9-11(17)5-4-10(15(9)18)16(21)14-12(19)6-8(2)7-13(14)20/h4-5,8,21H,3,6-7H2,1-2H3. The molecule has 1 aromatic rings. The molecule has 0 radical (unpaired) electrons. The summed E-state index contributed by atoms with van der Waals surface area (Å²) in [4.78, 5) is 24.1. The number of halogens is 2. The number of Topliss-reactive ketones (excluding diaryl/α,β-unsaturated/α-hetero) is 2. The van der Waals surface area contributed by atoms with Crippen LogP contribution in [0.2, 0.25) is 10.0 Å². The van der Waals surface area contributed by atoms with Gasteiger partial charge in [-0.25, -0.2) is 0 Å². The van der Waals surface area contributed by atoms with E-state index in [4.69, 9.17) is 23.2 Å². The second kappa shape index (κ2) is 6.20. The summed E-state index contributed by atoms with van der Waals surface area (Å²) in [6, 6.07) is 3.14. The van der Waals surface area contributed by atoms with Gasteiger partial charge in [0.05, 0.1) is 5.02 Å². The van der Waals surface area contributed by atoms with Crippen molar-refractivity contribution in [1.82, 2.24) is 0 Å². The predicted octanol–water partition coefficient (Wildman–Crippen LogP) is 4.39. The molecule has 0 bridgehead atoms. The lowest BCUT2D eigenvalue weighted by Gasteiger charge is -2.20. The van der Waals surface area contributed by atoms with Gasteiger partial charge < -0.3 is 5.11 Å². The van der Waals surface area contributed by atoms with Crippen LogP contribution < -0.4 is 0 Å². The molecule has 0 amide bonds. The highest BCUT2D eigenvalue weighted by Gasteiger charge is 2.32. The minimum atomic E-state index is -0.340. The number of aliphatic hydroxyl groups excluding tert-OH is 1. The van der Waals surface area contributed by atoms with Gasteiger partial charge in [-0.05, 0) is 30.0 Å². The Kier molecular flexibility index (Phi) is 4.74. The number of carbonyl (C=O) groups excluding carboxylic acids is 2. The molecule has 2 rings (SSSR count). The summed E-state index contributed by atoms with van der Waals surface area (Å²) in [5.74, 6) is -0.998. The van der Waals surface area contributed by atoms with Crippen LogP contribution in [-0.2, 0) is 16.0 Å². The van der Waals surface area contributed by atoms with Gasteiger partial charge >= 0.3 is 0 Å². The van der Waals surface area contributed by atoms with E-state index in [9.17, 15) is 14.7 Å². The van der Waals surface area contributed by atoms with Crippen molar-refractivity contribution in [2.45, 2.75) is 33.1 Å². The molecule has 0 aromatic heterocycles. The van der Waals surface area contributed by atoms with Gasteiger partial charge in [0.1, 0.15) is 11.3 Å². The lowest BCUT2D eigenvalue weighted by atomic mass is 9.83. The molecule has 1 N–H and O–H groups in total. The van der Waals surface area contributed by atoms with Gasteiger partial charge in [-0.15, -0.1) is 0 Å². The number of rotatable bonds is 2. The molecule has 21 heavy (non-hydrogen) atoms. The molecule has 0 heterocycles. The third kappa shape index (κ3) is 2.99. The number of carbonyl (C=O) groups is 2. The lowest BCUT2D eigenvalue weighted by molar-refractivity contribution is -0.125. The molecule has 0 atom stereocenters. The van der Waals surface area contributed by atoms with Crippen molar-refractivity contribution in [3.63, 3.8) is 0 Å². The van der Waals surface area contributed by atoms with E-state index in [-0.39, 0.29) is 52.2 Å². The molecule has 1 aromatic carbocycles. The number of hydrogen-bond acceptors (Lipinski definition) is 3. The predicted molar refractivity (Wildman–Crippen MR) is 83.8 cm³/mol. The molecule has 1 aliphatic carbocycles. The maximum atomic E-state index is 12.1. The van der Waals surface area contributed by atoms with Gasteiger partial charge in [-0.1, -0.05) is 37.0 Å². The summed E-state index contributed by atoms with van der Waals surface area (Å²) in [6.45, 7) is 3.73. The molecule has 0 saturated heterocycles. The number of allylic oxidation sites excluding steroid dienone is 1. The first-order chi connectivity index (χ1) is 9.86. The van der Waals surface area contributed by atoms with Crippen molar-refractivity contribution in [3.05, 3.63) is 38.9 Å². The summed E-state index contributed by atoms with van der Waals surface area (Å²) in [7, 11) is 0. The average molecular weight is 327 g/mol. The fourth-order valence-electron chi connectivity index (χ4n) is 2.57. The van der Waals surface area contributed by atoms with Crippen LogP contribution in [0.25, 0.3) is 5.76 Å². The summed E-state index contributed by atoms with van der Waals surface area (Å²) in [5.41, 5.74) is 0.829. The number of benzene rings is 1. The van der Waals surface area contributed by atoms with Gasteiger partial charge in [0.15, 0.2) is 11.6 Å². The van der Waals surface area contributed by atoms with E-state index in [1.807, 2.05) is 13.8 Å². The van der Waals surface area contributed by atoms with E-state index in [1.165, 1.54) is 6.07 Å². The second-order valence-corrected chi connectivity index (χ2v) is 6.11. The van der Waals surface area contributed by atoms with Crippen LogP contribution in [0.15, 0.2) is 17.7 Å². The minimum Gasteiger partial charge on any atom is -0.506 e. The van der Waals surface area contributed by atoms with Crippen molar-refractivity contribution in [2.75, 3.05) is 0 Å². The first-order valence-electron chi connectivity index (χ1n) is 6.83. The zero-order valence-electron chi connectivity index (χ0n) is 11.9. The Hall–Kier alpha value is -1.32. The van der Waals surface area contributed by atoms with E-state index in [0.717, 1.165) is 0 Å². The average Bonchev–Trinajstić information content (AvgIpc) is 2.37.